The van der Waals surface area contributed by atoms with Crippen molar-refractivity contribution in [2.45, 2.75) is 0 Å². The van der Waals surface area contributed by atoms with Crippen molar-refractivity contribution in [3.63, 3.8) is 0 Å². The summed E-state index contributed by atoms with van der Waals surface area (Å²) in [6.07, 6.45) is 0. The fourth-order valence-corrected chi connectivity index (χ4v) is 6.74. The number of aliphatic hydroxyl groups excluding tert-OH is 2. The minimum absolute atomic E-state index is 0.0168. The highest BCUT2D eigenvalue weighted by Gasteiger charge is 2.12. The second-order valence-electron chi connectivity index (χ2n) is 15.4. The highest BCUT2D eigenvalue weighted by molar-refractivity contribution is 6.24. The molecule has 4 aromatic rings. The fourth-order valence-electron chi connectivity index (χ4n) is 6.74. The van der Waals surface area contributed by atoms with Crippen molar-refractivity contribution in [3.05, 3.63) is 59.7 Å². The number of aliphatic hydroxyl groups is 2. The van der Waals surface area contributed by atoms with E-state index in [0.29, 0.717) is 211 Å². The monoisotopic (exact) mass is 1010 g/mol. The Kier molecular flexibility index (Phi) is 36.9. The van der Waals surface area contributed by atoms with Gasteiger partial charge in [0.1, 0.15) is 13.2 Å². The van der Waals surface area contributed by atoms with Crippen molar-refractivity contribution in [2.24, 2.45) is 0 Å². The van der Waals surface area contributed by atoms with Crippen molar-refractivity contribution in [3.8, 4) is 23.7 Å². The van der Waals surface area contributed by atoms with Gasteiger partial charge >= 0.3 is 0 Å². The Morgan fingerprint density at radius 3 is 0.694 bits per heavy atom. The number of hydrogen-bond donors (Lipinski definition) is 2. The highest BCUT2D eigenvalue weighted by atomic mass is 16.6. The molecule has 4 aromatic carbocycles. The summed E-state index contributed by atoms with van der Waals surface area (Å²) in [5.74, 6) is 13.0. The van der Waals surface area contributed by atoms with Gasteiger partial charge in [0.25, 0.3) is 0 Å². The van der Waals surface area contributed by atoms with Gasteiger partial charge in [-0.25, -0.2) is 0 Å². The lowest BCUT2D eigenvalue weighted by atomic mass is 9.90. The van der Waals surface area contributed by atoms with Gasteiger partial charge in [0.05, 0.1) is 211 Å². The molecule has 0 saturated carbocycles. The van der Waals surface area contributed by atoms with E-state index in [1.54, 1.807) is 0 Å². The molecule has 0 fully saturated rings. The molecule has 0 aliphatic heterocycles. The molecule has 0 radical (unpaired) electrons. The van der Waals surface area contributed by atoms with E-state index in [1.807, 2.05) is 0 Å². The van der Waals surface area contributed by atoms with Crippen LogP contribution < -0.4 is 0 Å². The second kappa shape index (κ2) is 43.7. The van der Waals surface area contributed by atoms with Crippen molar-refractivity contribution in [1.82, 2.24) is 0 Å². The van der Waals surface area contributed by atoms with Crippen molar-refractivity contribution in [2.75, 3.05) is 225 Å². The zero-order chi connectivity index (χ0) is 50.5. The van der Waals surface area contributed by atoms with Crippen LogP contribution in [0.2, 0.25) is 0 Å². The summed E-state index contributed by atoms with van der Waals surface area (Å²) in [6, 6.07) is 17.0. The predicted molar refractivity (Wildman–Crippen MR) is 271 cm³/mol. The summed E-state index contributed by atoms with van der Waals surface area (Å²) in [5, 5.41) is 24.1. The molecule has 0 saturated heterocycles. The molecule has 0 aromatic heterocycles. The normalized spacial score (nSPS) is 11.5. The number of rotatable bonds is 48. The second-order valence-corrected chi connectivity index (χ2v) is 15.4. The zero-order valence-corrected chi connectivity index (χ0v) is 42.1. The SMILES string of the molecule is OCCOCCOCCOCCOCCOCCOCCOCCOCC#Cc1ccc2ccc3c(C#CCOCCOCCOCCOCCOCCOCCOCCOCCO)ccc4ccc1c2c43. The molecule has 18 heteroatoms. The lowest BCUT2D eigenvalue weighted by Crippen LogP contribution is -2.15. The molecule has 0 atom stereocenters. The quantitative estimate of drug-likeness (QED) is 0.0371. The van der Waals surface area contributed by atoms with E-state index in [1.165, 1.54) is 10.8 Å². The van der Waals surface area contributed by atoms with E-state index >= 15 is 0 Å². The van der Waals surface area contributed by atoms with Gasteiger partial charge in [-0.05, 0) is 44.5 Å². The van der Waals surface area contributed by atoms with Gasteiger partial charge in [0, 0.05) is 11.1 Å². The minimum atomic E-state index is 0.0168. The maximum Gasteiger partial charge on any atom is 0.108 e. The molecule has 0 aliphatic rings. The molecule has 18 nitrogen and oxygen atoms in total. The molecule has 0 heterocycles. The van der Waals surface area contributed by atoms with Crippen LogP contribution in [0.25, 0.3) is 32.3 Å². The first-order chi connectivity index (χ1) is 35.8. The Morgan fingerprint density at radius 1 is 0.250 bits per heavy atom. The maximum atomic E-state index is 8.64. The van der Waals surface area contributed by atoms with Crippen LogP contribution in [0.3, 0.4) is 0 Å². The average molecular weight is 1020 g/mol. The predicted octanol–water partition coefficient (Wildman–Crippen LogP) is 3.54. The molecular formula is C54H78O18. The van der Waals surface area contributed by atoms with Crippen molar-refractivity contribution < 1.29 is 86.0 Å². The Hall–Kier alpha value is -3.68. The first-order valence-electron chi connectivity index (χ1n) is 25.0. The summed E-state index contributed by atoms with van der Waals surface area (Å²) in [5.41, 5.74) is 1.90. The third kappa shape index (κ3) is 28.1. The molecule has 2 N–H and O–H groups in total. The molecule has 402 valence electrons. The fraction of sp³-hybridized carbons (Fsp3) is 0.630. The third-order valence-electron chi connectivity index (χ3n) is 10.1. The lowest BCUT2D eigenvalue weighted by molar-refractivity contribution is -0.0233. The van der Waals surface area contributed by atoms with Gasteiger partial charge < -0.3 is 86.0 Å². The van der Waals surface area contributed by atoms with E-state index in [0.717, 1.165) is 32.7 Å². The number of benzene rings is 4. The number of hydrogen-bond acceptors (Lipinski definition) is 18. The largest absolute Gasteiger partial charge is 0.394 e. The molecule has 0 amide bonds. The van der Waals surface area contributed by atoms with Crippen LogP contribution in [-0.4, -0.2) is 235 Å². The average Bonchev–Trinajstić information content (AvgIpc) is 3.40. The maximum absolute atomic E-state index is 8.64. The Balaban J connectivity index is 0.967. The van der Waals surface area contributed by atoms with Crippen LogP contribution in [0.4, 0.5) is 0 Å². The minimum Gasteiger partial charge on any atom is -0.394 e. The lowest BCUT2D eigenvalue weighted by Gasteiger charge is -2.13. The zero-order valence-electron chi connectivity index (χ0n) is 42.1. The van der Waals surface area contributed by atoms with Gasteiger partial charge in [-0.3, -0.25) is 0 Å². The standard InChI is InChI=1S/C54H78O18/c55-13-17-59-21-25-63-29-33-67-37-41-71-45-43-69-39-35-65-31-27-61-23-19-57-15-1-3-47-5-7-49-10-12-52-48(6-8-50-9-11-51(47)53(49)54(50)52)4-2-16-58-20-24-62-28-32-66-36-40-70-44-46-72-42-38-68-34-30-64-26-22-60-18-14-56/h5-12,55-56H,13-46H2. The summed E-state index contributed by atoms with van der Waals surface area (Å²) in [4.78, 5) is 0. The smallest absolute Gasteiger partial charge is 0.108 e. The molecule has 72 heavy (non-hydrogen) atoms. The van der Waals surface area contributed by atoms with Crippen LogP contribution in [0.1, 0.15) is 11.1 Å². The van der Waals surface area contributed by atoms with Gasteiger partial charge in [-0.1, -0.05) is 60.1 Å². The summed E-state index contributed by atoms with van der Waals surface area (Å²) in [6.45, 7) is 14.7. The third-order valence-corrected chi connectivity index (χ3v) is 10.1. The van der Waals surface area contributed by atoms with Crippen LogP contribution in [0.15, 0.2) is 48.5 Å². The molecule has 0 spiro atoms. The van der Waals surface area contributed by atoms with Crippen LogP contribution in [0, 0.1) is 23.7 Å². The van der Waals surface area contributed by atoms with Crippen LogP contribution in [0.5, 0.6) is 0 Å². The van der Waals surface area contributed by atoms with Gasteiger partial charge in [-0.2, -0.15) is 0 Å². The topological polar surface area (TPSA) is 188 Å². The van der Waals surface area contributed by atoms with E-state index in [4.69, 9.17) is 86.0 Å². The first kappa shape index (κ1) is 60.9. The summed E-state index contributed by atoms with van der Waals surface area (Å²) >= 11 is 0. The van der Waals surface area contributed by atoms with Crippen LogP contribution >= 0.6 is 0 Å². The van der Waals surface area contributed by atoms with Gasteiger partial charge in [-0.15, -0.1) is 0 Å². The van der Waals surface area contributed by atoms with E-state index in [-0.39, 0.29) is 13.2 Å². The first-order valence-corrected chi connectivity index (χ1v) is 25.0. The van der Waals surface area contributed by atoms with Crippen molar-refractivity contribution in [1.29, 1.82) is 0 Å². The summed E-state index contributed by atoms with van der Waals surface area (Å²) in [7, 11) is 0. The Bertz CT molecular complexity index is 1890. The van der Waals surface area contributed by atoms with E-state index in [2.05, 4.69) is 72.2 Å². The van der Waals surface area contributed by atoms with E-state index in [9.17, 15) is 0 Å². The molecule has 0 aliphatic carbocycles. The molecule has 4 rings (SSSR count). The van der Waals surface area contributed by atoms with Crippen molar-refractivity contribution >= 4 is 32.3 Å². The molecule has 0 bridgehead atoms. The Labute approximate surface area is 425 Å². The summed E-state index contributed by atoms with van der Waals surface area (Å²) < 4.78 is 87.7. The van der Waals surface area contributed by atoms with Gasteiger partial charge in [0.2, 0.25) is 0 Å². The van der Waals surface area contributed by atoms with Gasteiger partial charge in [0.15, 0.2) is 0 Å². The molecule has 0 unspecified atom stereocenters. The number of ether oxygens (including phenoxy) is 16. The Morgan fingerprint density at radius 2 is 0.458 bits per heavy atom. The van der Waals surface area contributed by atoms with Crippen LogP contribution in [-0.2, 0) is 75.8 Å². The molecular weight excluding hydrogens is 937 g/mol. The highest BCUT2D eigenvalue weighted by Crippen LogP contribution is 2.37. The van der Waals surface area contributed by atoms with E-state index < -0.39 is 0 Å².